The molecule has 0 aromatic heterocycles. The Kier molecular flexibility index (Phi) is 8.18. The van der Waals surface area contributed by atoms with E-state index in [1.165, 1.54) is 0 Å². The fourth-order valence-corrected chi connectivity index (χ4v) is 3.59. The lowest BCUT2D eigenvalue weighted by atomic mass is 10.1. The van der Waals surface area contributed by atoms with Crippen molar-refractivity contribution in [3.63, 3.8) is 0 Å². The molecule has 1 heterocycles. The Morgan fingerprint density at radius 2 is 1.76 bits per heavy atom. The van der Waals surface area contributed by atoms with Crippen LogP contribution in [0.15, 0.2) is 54.6 Å². The molecule has 1 aliphatic rings. The number of esters is 2. The molecule has 2 amide bonds. The SMILES string of the molecule is CCCOC(=O)c1ccc(NC(=O)COC(=O)[C@H]2CC(=O)N([C@H](C)c3ccccc3)C2)cc1. The van der Waals surface area contributed by atoms with E-state index in [2.05, 4.69) is 5.32 Å². The maximum absolute atomic E-state index is 12.4. The summed E-state index contributed by atoms with van der Waals surface area (Å²) >= 11 is 0. The summed E-state index contributed by atoms with van der Waals surface area (Å²) in [6.07, 6.45) is 0.797. The molecule has 8 heteroatoms. The van der Waals surface area contributed by atoms with Gasteiger partial charge in [0.15, 0.2) is 6.61 Å². The van der Waals surface area contributed by atoms with E-state index in [0.29, 0.717) is 17.9 Å². The van der Waals surface area contributed by atoms with Gasteiger partial charge in [-0.25, -0.2) is 4.79 Å². The third kappa shape index (κ3) is 6.41. The van der Waals surface area contributed by atoms with E-state index in [9.17, 15) is 19.2 Å². The van der Waals surface area contributed by atoms with E-state index in [1.807, 2.05) is 44.2 Å². The molecule has 0 aliphatic carbocycles. The number of carbonyl (C=O) groups is 4. The van der Waals surface area contributed by atoms with Gasteiger partial charge in [-0.3, -0.25) is 14.4 Å². The van der Waals surface area contributed by atoms with E-state index in [-0.39, 0.29) is 24.9 Å². The fourth-order valence-electron chi connectivity index (χ4n) is 3.59. The number of carbonyl (C=O) groups excluding carboxylic acids is 4. The molecule has 1 saturated heterocycles. The van der Waals surface area contributed by atoms with Crippen molar-refractivity contribution in [2.45, 2.75) is 32.7 Å². The minimum Gasteiger partial charge on any atom is -0.462 e. The van der Waals surface area contributed by atoms with Crippen LogP contribution in [0.25, 0.3) is 0 Å². The lowest BCUT2D eigenvalue weighted by molar-refractivity contribution is -0.151. The lowest BCUT2D eigenvalue weighted by Gasteiger charge is -2.25. The van der Waals surface area contributed by atoms with Gasteiger partial charge in [-0.15, -0.1) is 0 Å². The Morgan fingerprint density at radius 1 is 1.06 bits per heavy atom. The quantitative estimate of drug-likeness (QED) is 0.586. The molecule has 174 valence electrons. The monoisotopic (exact) mass is 452 g/mol. The van der Waals surface area contributed by atoms with E-state index in [4.69, 9.17) is 9.47 Å². The van der Waals surface area contributed by atoms with Crippen LogP contribution in [0.3, 0.4) is 0 Å². The zero-order valence-electron chi connectivity index (χ0n) is 18.8. The number of benzene rings is 2. The minimum absolute atomic E-state index is 0.0627. The first-order chi connectivity index (χ1) is 15.9. The van der Waals surface area contributed by atoms with Crippen LogP contribution in [-0.2, 0) is 23.9 Å². The van der Waals surface area contributed by atoms with E-state index >= 15 is 0 Å². The molecule has 2 aromatic rings. The normalized spacial score (nSPS) is 16.2. The third-order valence-corrected chi connectivity index (χ3v) is 5.43. The second kappa shape index (κ2) is 11.3. The molecule has 0 bridgehead atoms. The average Bonchev–Trinajstić information content (AvgIpc) is 3.23. The van der Waals surface area contributed by atoms with Gasteiger partial charge in [0.25, 0.3) is 5.91 Å². The van der Waals surface area contributed by atoms with Crippen LogP contribution in [0.1, 0.15) is 48.7 Å². The number of nitrogens with zero attached hydrogens (tertiary/aromatic N) is 1. The molecular formula is C25H28N2O6. The summed E-state index contributed by atoms with van der Waals surface area (Å²) in [7, 11) is 0. The smallest absolute Gasteiger partial charge is 0.338 e. The van der Waals surface area contributed by atoms with Crippen molar-refractivity contribution in [1.29, 1.82) is 0 Å². The van der Waals surface area contributed by atoms with Crippen LogP contribution in [0.4, 0.5) is 5.69 Å². The van der Waals surface area contributed by atoms with Crippen LogP contribution in [0.2, 0.25) is 0 Å². The summed E-state index contributed by atoms with van der Waals surface area (Å²) < 4.78 is 10.2. The van der Waals surface area contributed by atoms with Gasteiger partial charge >= 0.3 is 11.9 Å². The van der Waals surface area contributed by atoms with Crippen LogP contribution in [0.5, 0.6) is 0 Å². The summed E-state index contributed by atoms with van der Waals surface area (Å²) in [5.74, 6) is -2.23. The number of nitrogens with one attached hydrogen (secondary N) is 1. The molecule has 0 saturated carbocycles. The van der Waals surface area contributed by atoms with Gasteiger partial charge in [-0.1, -0.05) is 37.3 Å². The summed E-state index contributed by atoms with van der Waals surface area (Å²) in [5.41, 5.74) is 1.83. The van der Waals surface area contributed by atoms with Crippen molar-refractivity contribution >= 4 is 29.4 Å². The first kappa shape index (κ1) is 24.0. The van der Waals surface area contributed by atoms with Gasteiger partial charge in [0, 0.05) is 18.7 Å². The van der Waals surface area contributed by atoms with Crippen molar-refractivity contribution < 1.29 is 28.7 Å². The summed E-state index contributed by atoms with van der Waals surface area (Å²) in [6, 6.07) is 15.7. The molecule has 2 aromatic carbocycles. The average molecular weight is 453 g/mol. The van der Waals surface area contributed by atoms with E-state index < -0.39 is 30.4 Å². The number of rotatable bonds is 9. The number of anilines is 1. The zero-order valence-corrected chi connectivity index (χ0v) is 18.8. The highest BCUT2D eigenvalue weighted by Gasteiger charge is 2.38. The molecule has 3 rings (SSSR count). The van der Waals surface area contributed by atoms with Gasteiger partial charge in [-0.05, 0) is 43.2 Å². The predicted octanol–water partition coefficient (Wildman–Crippen LogP) is 3.34. The van der Waals surface area contributed by atoms with Crippen molar-refractivity contribution in [1.82, 2.24) is 4.90 Å². The van der Waals surface area contributed by atoms with Gasteiger partial charge < -0.3 is 19.7 Å². The molecule has 0 unspecified atom stereocenters. The first-order valence-electron chi connectivity index (χ1n) is 11.0. The summed E-state index contributed by atoms with van der Waals surface area (Å²) in [5, 5.41) is 2.61. The highest BCUT2D eigenvalue weighted by atomic mass is 16.5. The van der Waals surface area contributed by atoms with Crippen molar-refractivity contribution in [2.75, 3.05) is 25.1 Å². The van der Waals surface area contributed by atoms with Crippen molar-refractivity contribution in [2.24, 2.45) is 5.92 Å². The third-order valence-electron chi connectivity index (χ3n) is 5.43. The number of hydrogen-bond donors (Lipinski definition) is 1. The topological polar surface area (TPSA) is 102 Å². The minimum atomic E-state index is -0.607. The van der Waals surface area contributed by atoms with Crippen LogP contribution < -0.4 is 5.32 Å². The Labute approximate surface area is 192 Å². The Balaban J connectivity index is 1.46. The maximum atomic E-state index is 12.4. The fraction of sp³-hybridized carbons (Fsp3) is 0.360. The van der Waals surface area contributed by atoms with Crippen LogP contribution >= 0.6 is 0 Å². The molecule has 8 nitrogen and oxygen atoms in total. The standard InChI is InChI=1S/C25H28N2O6/c1-3-13-32-24(30)19-9-11-21(12-10-19)26-22(28)16-33-25(31)20-14-23(29)27(15-20)17(2)18-7-5-4-6-8-18/h4-12,17,20H,3,13-16H2,1-2H3,(H,26,28)/t17-,20+/m1/s1. The van der Waals surface area contributed by atoms with Gasteiger partial charge in [-0.2, -0.15) is 0 Å². The largest absolute Gasteiger partial charge is 0.462 e. The van der Waals surface area contributed by atoms with Crippen LogP contribution in [0, 0.1) is 5.92 Å². The molecule has 0 spiro atoms. The van der Waals surface area contributed by atoms with E-state index in [1.54, 1.807) is 29.2 Å². The molecule has 33 heavy (non-hydrogen) atoms. The van der Waals surface area contributed by atoms with Crippen molar-refractivity contribution in [3.05, 3.63) is 65.7 Å². The maximum Gasteiger partial charge on any atom is 0.338 e. The van der Waals surface area contributed by atoms with E-state index in [0.717, 1.165) is 12.0 Å². The number of hydrogen-bond acceptors (Lipinski definition) is 6. The molecular weight excluding hydrogens is 424 g/mol. The van der Waals surface area contributed by atoms with Gasteiger partial charge in [0.1, 0.15) is 0 Å². The van der Waals surface area contributed by atoms with Gasteiger partial charge in [0.2, 0.25) is 5.91 Å². The second-order valence-corrected chi connectivity index (χ2v) is 7.90. The second-order valence-electron chi connectivity index (χ2n) is 7.90. The molecule has 2 atom stereocenters. The molecule has 1 aliphatic heterocycles. The summed E-state index contributed by atoms with van der Waals surface area (Å²) in [6.45, 7) is 3.97. The first-order valence-corrected chi connectivity index (χ1v) is 11.0. The highest BCUT2D eigenvalue weighted by Crippen LogP contribution is 2.29. The summed E-state index contributed by atoms with van der Waals surface area (Å²) in [4.78, 5) is 50.5. The predicted molar refractivity (Wildman–Crippen MR) is 121 cm³/mol. The van der Waals surface area contributed by atoms with Crippen molar-refractivity contribution in [3.8, 4) is 0 Å². The van der Waals surface area contributed by atoms with Gasteiger partial charge in [0.05, 0.1) is 24.1 Å². The van der Waals surface area contributed by atoms with Crippen LogP contribution in [-0.4, -0.2) is 48.4 Å². The Morgan fingerprint density at radius 3 is 2.42 bits per heavy atom. The zero-order chi connectivity index (χ0) is 23.8. The highest BCUT2D eigenvalue weighted by molar-refractivity contribution is 5.95. The Hall–Kier alpha value is -3.68. The molecule has 1 N–H and O–H groups in total. The molecule has 1 fully saturated rings. The molecule has 0 radical (unpaired) electrons. The lowest BCUT2D eigenvalue weighted by Crippen LogP contribution is -2.30. The number of likely N-dealkylation sites (tertiary alicyclic amines) is 1. The Bertz CT molecular complexity index is 990. The number of amides is 2. The number of ether oxygens (including phenoxy) is 2.